The lowest BCUT2D eigenvalue weighted by molar-refractivity contribution is 0.420. The molecule has 3 nitrogen and oxygen atoms in total. The van der Waals surface area contributed by atoms with Crippen LogP contribution in [0.3, 0.4) is 0 Å². The van der Waals surface area contributed by atoms with E-state index in [0.29, 0.717) is 5.82 Å². The summed E-state index contributed by atoms with van der Waals surface area (Å²) in [4.78, 5) is 2.10. The van der Waals surface area contributed by atoms with Gasteiger partial charge >= 0.3 is 0 Å². The van der Waals surface area contributed by atoms with Gasteiger partial charge in [-0.2, -0.15) is 0 Å². The summed E-state index contributed by atoms with van der Waals surface area (Å²) >= 11 is 0. The summed E-state index contributed by atoms with van der Waals surface area (Å²) in [7, 11) is 0. The number of hydrogen-bond acceptors (Lipinski definition) is 3. The fourth-order valence-electron chi connectivity index (χ4n) is 1.08. The van der Waals surface area contributed by atoms with Crippen LogP contribution >= 0.6 is 0 Å². The first-order chi connectivity index (χ1) is 4.34. The van der Waals surface area contributed by atoms with Gasteiger partial charge in [-0.3, -0.25) is 0 Å². The van der Waals surface area contributed by atoms with Crippen molar-refractivity contribution in [1.29, 1.82) is 0 Å². The van der Waals surface area contributed by atoms with Gasteiger partial charge in [0, 0.05) is 19.3 Å². The first kappa shape index (κ1) is 6.26. The Labute approximate surface area is 55.3 Å². The van der Waals surface area contributed by atoms with E-state index >= 15 is 0 Å². The predicted octanol–water partition coefficient (Wildman–Crippen LogP) is -0.202. The second-order valence-electron chi connectivity index (χ2n) is 2.29. The smallest absolute Gasteiger partial charge is 0.115 e. The Morgan fingerprint density at radius 1 is 1.33 bits per heavy atom. The molecule has 0 radical (unpaired) electrons. The van der Waals surface area contributed by atoms with Crippen molar-refractivity contribution < 1.29 is 0 Å². The number of nitrogens with zero attached hydrogens (tertiary/aromatic N) is 1. The summed E-state index contributed by atoms with van der Waals surface area (Å²) in [5.74, 6) is 0.715. The molecule has 1 aliphatic rings. The van der Waals surface area contributed by atoms with E-state index in [4.69, 9.17) is 11.5 Å². The molecule has 1 heterocycles. The minimum absolute atomic E-state index is 0.715. The maximum Gasteiger partial charge on any atom is 0.115 e. The average Bonchev–Trinajstić information content (AvgIpc) is 2.37. The topological polar surface area (TPSA) is 55.3 Å². The van der Waals surface area contributed by atoms with Gasteiger partial charge in [-0.15, -0.1) is 0 Å². The molecule has 0 amide bonds. The lowest BCUT2D eigenvalue weighted by atomic mass is 10.4. The van der Waals surface area contributed by atoms with Crippen LogP contribution in [0.5, 0.6) is 0 Å². The fourth-order valence-corrected chi connectivity index (χ4v) is 1.08. The molecule has 0 saturated carbocycles. The Bertz CT molecular complexity index is 113. The van der Waals surface area contributed by atoms with E-state index in [2.05, 4.69) is 4.90 Å². The highest BCUT2D eigenvalue weighted by Gasteiger charge is 2.10. The number of likely N-dealkylation sites (tertiary alicyclic amines) is 1. The van der Waals surface area contributed by atoms with Crippen LogP contribution in [0.15, 0.2) is 12.0 Å². The van der Waals surface area contributed by atoms with E-state index < -0.39 is 0 Å². The van der Waals surface area contributed by atoms with Crippen molar-refractivity contribution >= 4 is 0 Å². The summed E-state index contributed by atoms with van der Waals surface area (Å²) in [5.41, 5.74) is 10.8. The molecule has 1 fully saturated rings. The minimum atomic E-state index is 0.715. The summed E-state index contributed by atoms with van der Waals surface area (Å²) in [6.07, 6.45) is 3.95. The second kappa shape index (κ2) is 2.62. The molecule has 52 valence electrons. The molecular weight excluding hydrogens is 114 g/mol. The van der Waals surface area contributed by atoms with Gasteiger partial charge in [0.1, 0.15) is 5.82 Å². The maximum absolute atomic E-state index is 5.54. The standard InChI is InChI=1S/C6H13N3/c7-5-6(8)9-3-1-2-4-9/h5H,1-4,7-8H2/b6-5-. The monoisotopic (exact) mass is 127 g/mol. The second-order valence-corrected chi connectivity index (χ2v) is 2.29. The number of hydrogen-bond donors (Lipinski definition) is 2. The third-order valence-corrected chi connectivity index (χ3v) is 1.64. The molecule has 1 saturated heterocycles. The molecule has 9 heavy (non-hydrogen) atoms. The van der Waals surface area contributed by atoms with Gasteiger partial charge in [-0.05, 0) is 12.8 Å². The molecule has 4 N–H and O–H groups in total. The van der Waals surface area contributed by atoms with Gasteiger partial charge in [-0.25, -0.2) is 0 Å². The SMILES string of the molecule is N/C=C(/N)N1CCCC1. The van der Waals surface area contributed by atoms with Gasteiger partial charge in [0.15, 0.2) is 0 Å². The summed E-state index contributed by atoms with van der Waals surface area (Å²) in [5, 5.41) is 0. The van der Waals surface area contributed by atoms with E-state index in [9.17, 15) is 0 Å². The minimum Gasteiger partial charge on any atom is -0.402 e. The molecule has 0 aromatic rings. The van der Waals surface area contributed by atoms with Crippen LogP contribution in [0.25, 0.3) is 0 Å². The summed E-state index contributed by atoms with van der Waals surface area (Å²) in [6.45, 7) is 2.14. The van der Waals surface area contributed by atoms with Gasteiger partial charge < -0.3 is 16.4 Å². The van der Waals surface area contributed by atoms with Crippen LogP contribution in [0.2, 0.25) is 0 Å². The average molecular weight is 127 g/mol. The van der Waals surface area contributed by atoms with Crippen molar-refractivity contribution in [3.05, 3.63) is 12.0 Å². The predicted molar refractivity (Wildman–Crippen MR) is 37.3 cm³/mol. The van der Waals surface area contributed by atoms with Crippen LogP contribution in [0, 0.1) is 0 Å². The van der Waals surface area contributed by atoms with E-state index in [0.717, 1.165) is 13.1 Å². The highest BCUT2D eigenvalue weighted by Crippen LogP contribution is 2.09. The largest absolute Gasteiger partial charge is 0.402 e. The Hall–Kier alpha value is -0.860. The first-order valence-electron chi connectivity index (χ1n) is 3.27. The molecule has 0 aromatic carbocycles. The molecule has 0 atom stereocenters. The van der Waals surface area contributed by atoms with E-state index in [-0.39, 0.29) is 0 Å². The molecule has 0 bridgehead atoms. The van der Waals surface area contributed by atoms with Crippen molar-refractivity contribution in [3.63, 3.8) is 0 Å². The number of nitrogens with two attached hydrogens (primary N) is 2. The zero-order valence-corrected chi connectivity index (χ0v) is 5.51. The molecule has 1 rings (SSSR count). The Morgan fingerprint density at radius 2 is 1.89 bits per heavy atom. The highest BCUT2D eigenvalue weighted by atomic mass is 15.2. The van der Waals surface area contributed by atoms with Crippen LogP contribution < -0.4 is 11.5 Å². The third-order valence-electron chi connectivity index (χ3n) is 1.64. The molecule has 0 spiro atoms. The zero-order valence-electron chi connectivity index (χ0n) is 5.51. The van der Waals surface area contributed by atoms with Crippen molar-refractivity contribution in [2.24, 2.45) is 11.5 Å². The van der Waals surface area contributed by atoms with Crippen LogP contribution in [-0.2, 0) is 0 Å². The van der Waals surface area contributed by atoms with Crippen LogP contribution in [0.1, 0.15) is 12.8 Å². The van der Waals surface area contributed by atoms with E-state index in [1.165, 1.54) is 19.0 Å². The quantitative estimate of drug-likeness (QED) is 0.513. The lowest BCUT2D eigenvalue weighted by Crippen LogP contribution is -2.25. The van der Waals surface area contributed by atoms with Gasteiger partial charge in [-0.1, -0.05) is 0 Å². The van der Waals surface area contributed by atoms with Gasteiger partial charge in [0.25, 0.3) is 0 Å². The molecule has 0 unspecified atom stereocenters. The molecule has 0 aliphatic carbocycles. The molecular formula is C6H13N3. The Balaban J connectivity index is 2.42. The van der Waals surface area contributed by atoms with E-state index in [1.807, 2.05) is 0 Å². The summed E-state index contributed by atoms with van der Waals surface area (Å²) in [6, 6.07) is 0. The van der Waals surface area contributed by atoms with E-state index in [1.54, 1.807) is 0 Å². The molecule has 1 aliphatic heterocycles. The van der Waals surface area contributed by atoms with Crippen LogP contribution in [-0.4, -0.2) is 18.0 Å². The highest BCUT2D eigenvalue weighted by molar-refractivity contribution is 4.94. The van der Waals surface area contributed by atoms with Crippen molar-refractivity contribution in [2.75, 3.05) is 13.1 Å². The first-order valence-corrected chi connectivity index (χ1v) is 3.27. The van der Waals surface area contributed by atoms with Crippen molar-refractivity contribution in [1.82, 2.24) is 4.90 Å². The molecule has 3 heteroatoms. The van der Waals surface area contributed by atoms with Crippen molar-refractivity contribution in [2.45, 2.75) is 12.8 Å². The Kier molecular flexibility index (Phi) is 1.82. The third kappa shape index (κ3) is 1.28. The molecule has 0 aromatic heterocycles. The van der Waals surface area contributed by atoms with Crippen molar-refractivity contribution in [3.8, 4) is 0 Å². The summed E-state index contributed by atoms with van der Waals surface area (Å²) < 4.78 is 0. The number of rotatable bonds is 1. The van der Waals surface area contributed by atoms with Crippen LogP contribution in [0.4, 0.5) is 0 Å². The lowest BCUT2D eigenvalue weighted by Gasteiger charge is -2.15. The zero-order chi connectivity index (χ0) is 6.69. The Morgan fingerprint density at radius 3 is 2.33 bits per heavy atom. The normalized spacial score (nSPS) is 20.9. The van der Waals surface area contributed by atoms with Gasteiger partial charge in [0.05, 0.1) is 0 Å². The maximum atomic E-state index is 5.54. The van der Waals surface area contributed by atoms with Gasteiger partial charge in [0.2, 0.25) is 0 Å². The fraction of sp³-hybridized carbons (Fsp3) is 0.667.